The predicted octanol–water partition coefficient (Wildman–Crippen LogP) is 4.39. The molecule has 210 valence electrons. The van der Waals surface area contributed by atoms with Gasteiger partial charge in [0.05, 0.1) is 22.1 Å². The summed E-state index contributed by atoms with van der Waals surface area (Å²) in [4.78, 5) is 43.7. The molecule has 0 spiro atoms. The number of anilines is 1. The van der Waals surface area contributed by atoms with E-state index in [1.165, 1.54) is 11.3 Å². The summed E-state index contributed by atoms with van der Waals surface area (Å²) in [7, 11) is 0. The molecule has 2 aromatic carbocycles. The Morgan fingerprint density at radius 3 is 2.59 bits per heavy atom. The minimum Gasteiger partial charge on any atom is -0.338 e. The van der Waals surface area contributed by atoms with Gasteiger partial charge in [0.15, 0.2) is 0 Å². The Balaban J connectivity index is 1.23. The van der Waals surface area contributed by atoms with Gasteiger partial charge >= 0.3 is 0 Å². The third kappa shape index (κ3) is 5.66. The molecule has 4 aromatic rings. The summed E-state index contributed by atoms with van der Waals surface area (Å²) in [5, 5.41) is 16.6. The summed E-state index contributed by atoms with van der Waals surface area (Å²) in [5.74, 6) is -0.202. The monoisotopic (exact) mass is 568 g/mol. The van der Waals surface area contributed by atoms with Gasteiger partial charge in [0.2, 0.25) is 5.91 Å². The lowest BCUT2D eigenvalue weighted by molar-refractivity contribution is -0.134. The number of H-pyrrole nitrogens is 1. The third-order valence-corrected chi connectivity index (χ3v) is 8.79. The van der Waals surface area contributed by atoms with E-state index in [0.29, 0.717) is 42.3 Å². The number of hydrogen-bond donors (Lipinski definition) is 3. The number of benzene rings is 2. The fourth-order valence-electron chi connectivity index (χ4n) is 5.44. The van der Waals surface area contributed by atoms with Gasteiger partial charge in [-0.25, -0.2) is 0 Å². The van der Waals surface area contributed by atoms with Crippen molar-refractivity contribution in [1.29, 1.82) is 0 Å². The van der Waals surface area contributed by atoms with Gasteiger partial charge in [-0.2, -0.15) is 5.10 Å². The van der Waals surface area contributed by atoms with E-state index in [1.54, 1.807) is 17.0 Å². The Kier molecular flexibility index (Phi) is 7.67. The fraction of sp³-hybridized carbons (Fsp3) is 0.290. The minimum atomic E-state index is -0.213. The Bertz CT molecular complexity index is 1630. The molecule has 2 aliphatic heterocycles. The average Bonchev–Trinajstić information content (AvgIpc) is 3.77. The maximum Gasteiger partial charge on any atom is 0.266 e. The summed E-state index contributed by atoms with van der Waals surface area (Å²) in [6.45, 7) is 4.76. The number of para-hydroxylation sites is 1. The number of piperazine rings is 1. The summed E-state index contributed by atoms with van der Waals surface area (Å²) in [6.07, 6.45) is 5.68. The molecule has 2 aromatic heterocycles. The number of amides is 3. The van der Waals surface area contributed by atoms with Crippen LogP contribution >= 0.6 is 11.3 Å². The molecule has 2 saturated heterocycles. The lowest BCUT2D eigenvalue weighted by Gasteiger charge is -2.36. The van der Waals surface area contributed by atoms with Crippen LogP contribution in [0.1, 0.15) is 49.7 Å². The van der Waals surface area contributed by atoms with E-state index in [2.05, 4.69) is 20.8 Å². The molecule has 0 radical (unpaired) electrons. The van der Waals surface area contributed by atoms with E-state index in [4.69, 9.17) is 0 Å². The molecule has 0 unspecified atom stereocenters. The second-order valence-corrected chi connectivity index (χ2v) is 11.4. The van der Waals surface area contributed by atoms with Crippen molar-refractivity contribution in [1.82, 2.24) is 25.3 Å². The van der Waals surface area contributed by atoms with Gasteiger partial charge in [-0.05, 0) is 73.2 Å². The Morgan fingerprint density at radius 1 is 1.02 bits per heavy atom. The summed E-state index contributed by atoms with van der Waals surface area (Å²) in [6, 6.07) is 15.1. The summed E-state index contributed by atoms with van der Waals surface area (Å²) >= 11 is 1.38. The van der Waals surface area contributed by atoms with E-state index in [-0.39, 0.29) is 23.8 Å². The first-order valence-electron chi connectivity index (χ1n) is 13.9. The highest BCUT2D eigenvalue weighted by Crippen LogP contribution is 2.26. The molecule has 4 heterocycles. The zero-order chi connectivity index (χ0) is 28.3. The van der Waals surface area contributed by atoms with E-state index >= 15 is 0 Å². The maximum absolute atomic E-state index is 13.5. The van der Waals surface area contributed by atoms with Crippen molar-refractivity contribution in [2.45, 2.75) is 25.8 Å². The Hall–Kier alpha value is -4.28. The quantitative estimate of drug-likeness (QED) is 0.320. The summed E-state index contributed by atoms with van der Waals surface area (Å²) in [5.41, 5.74) is 4.42. The normalized spacial score (nSPS) is 17.4. The second-order valence-electron chi connectivity index (χ2n) is 10.4. The van der Waals surface area contributed by atoms with Gasteiger partial charge in [0.1, 0.15) is 0 Å². The molecule has 0 aliphatic carbocycles. The van der Waals surface area contributed by atoms with Crippen molar-refractivity contribution in [2.75, 3.05) is 38.0 Å². The Labute approximate surface area is 242 Å². The molecule has 2 fully saturated rings. The van der Waals surface area contributed by atoms with E-state index in [0.717, 1.165) is 47.1 Å². The molecule has 10 heteroatoms. The first-order valence-corrected chi connectivity index (χ1v) is 14.8. The van der Waals surface area contributed by atoms with Crippen LogP contribution in [0.15, 0.2) is 53.9 Å². The van der Waals surface area contributed by atoms with Crippen molar-refractivity contribution in [3.63, 3.8) is 0 Å². The first-order chi connectivity index (χ1) is 20.0. The number of aromatic amines is 1. The standard InChI is InChI=1S/C31H32N6O3S/c1-20-12-18-41-28(20)29(38)33-27-19-22(9-8-21(27)10-11-25-23-5-2-3-6-24(23)34-35-25)30(39)36-14-16-37(17-15-36)31(40)26-7-4-13-32-26/h2-3,5-6,8-12,18-19,26,32H,4,7,13-17H2,1H3,(H,33,38)(H,34,35)/b11-10+/t26-/m0/s1. The first kappa shape index (κ1) is 26.9. The van der Waals surface area contributed by atoms with Gasteiger partial charge in [-0.15, -0.1) is 11.3 Å². The van der Waals surface area contributed by atoms with Crippen molar-refractivity contribution in [3.05, 3.63) is 81.2 Å². The number of nitrogens with one attached hydrogen (secondary N) is 3. The van der Waals surface area contributed by atoms with Gasteiger partial charge in [-0.3, -0.25) is 19.5 Å². The number of aryl methyl sites for hydroxylation is 1. The highest BCUT2D eigenvalue weighted by atomic mass is 32.1. The number of thiophene rings is 1. The largest absolute Gasteiger partial charge is 0.338 e. The van der Waals surface area contributed by atoms with Gasteiger partial charge in [0, 0.05) is 42.8 Å². The lowest BCUT2D eigenvalue weighted by Crippen LogP contribution is -2.54. The van der Waals surface area contributed by atoms with Crippen LogP contribution < -0.4 is 10.6 Å². The van der Waals surface area contributed by atoms with Crippen LogP contribution in [0.2, 0.25) is 0 Å². The smallest absolute Gasteiger partial charge is 0.266 e. The number of carbonyl (C=O) groups is 3. The molecular weight excluding hydrogens is 536 g/mol. The topological polar surface area (TPSA) is 110 Å². The van der Waals surface area contributed by atoms with Crippen LogP contribution in [-0.2, 0) is 4.79 Å². The third-order valence-electron chi connectivity index (χ3n) is 7.77. The minimum absolute atomic E-state index is 0.101. The van der Waals surface area contributed by atoms with Crippen LogP contribution in [0.3, 0.4) is 0 Å². The molecule has 0 bridgehead atoms. The fourth-order valence-corrected chi connectivity index (χ4v) is 6.26. The molecule has 0 saturated carbocycles. The molecule has 3 amide bonds. The van der Waals surface area contributed by atoms with Gasteiger partial charge in [0.25, 0.3) is 11.8 Å². The van der Waals surface area contributed by atoms with E-state index in [9.17, 15) is 14.4 Å². The molecule has 2 aliphatic rings. The zero-order valence-corrected chi connectivity index (χ0v) is 23.7. The molecule has 41 heavy (non-hydrogen) atoms. The highest BCUT2D eigenvalue weighted by Gasteiger charge is 2.30. The molecule has 1 atom stereocenters. The lowest BCUT2D eigenvalue weighted by atomic mass is 10.1. The van der Waals surface area contributed by atoms with E-state index < -0.39 is 0 Å². The van der Waals surface area contributed by atoms with Gasteiger partial charge < -0.3 is 20.4 Å². The SMILES string of the molecule is Cc1ccsc1C(=O)Nc1cc(C(=O)N2CCN(C(=O)[C@@H]3CCCN3)CC2)ccc1/C=C/c1n[nH]c2ccccc12. The number of aromatic nitrogens is 2. The van der Waals surface area contributed by atoms with Crippen LogP contribution in [0.5, 0.6) is 0 Å². The van der Waals surface area contributed by atoms with Crippen molar-refractivity contribution < 1.29 is 14.4 Å². The molecule has 9 nitrogen and oxygen atoms in total. The van der Waals surface area contributed by atoms with Crippen molar-refractivity contribution >= 4 is 57.8 Å². The van der Waals surface area contributed by atoms with Gasteiger partial charge in [-0.1, -0.05) is 30.3 Å². The maximum atomic E-state index is 13.5. The van der Waals surface area contributed by atoms with E-state index in [1.807, 2.05) is 65.8 Å². The molecular formula is C31H32N6O3S. The molecule has 3 N–H and O–H groups in total. The number of nitrogens with zero attached hydrogens (tertiary/aromatic N) is 3. The predicted molar refractivity (Wildman–Crippen MR) is 162 cm³/mol. The van der Waals surface area contributed by atoms with Crippen LogP contribution in [-0.4, -0.2) is 76.5 Å². The molecule has 6 rings (SSSR count). The number of carbonyl (C=O) groups excluding carboxylic acids is 3. The average molecular weight is 569 g/mol. The van der Waals surface area contributed by atoms with Crippen LogP contribution in [0, 0.1) is 6.92 Å². The van der Waals surface area contributed by atoms with Crippen molar-refractivity contribution in [2.24, 2.45) is 0 Å². The second kappa shape index (κ2) is 11.7. The van der Waals surface area contributed by atoms with Crippen LogP contribution in [0.4, 0.5) is 5.69 Å². The number of fused-ring (bicyclic) bond motifs is 1. The summed E-state index contributed by atoms with van der Waals surface area (Å²) < 4.78 is 0. The van der Waals surface area contributed by atoms with Crippen molar-refractivity contribution in [3.8, 4) is 0 Å². The number of hydrogen-bond acceptors (Lipinski definition) is 6. The highest BCUT2D eigenvalue weighted by molar-refractivity contribution is 7.12. The Morgan fingerprint density at radius 2 is 1.83 bits per heavy atom. The zero-order valence-electron chi connectivity index (χ0n) is 22.9. The van der Waals surface area contributed by atoms with Crippen LogP contribution in [0.25, 0.3) is 23.1 Å². The number of rotatable bonds is 6.